The van der Waals surface area contributed by atoms with Crippen molar-refractivity contribution in [3.05, 3.63) is 0 Å². The van der Waals surface area contributed by atoms with Gasteiger partial charge >= 0.3 is 0 Å². The predicted octanol–water partition coefficient (Wildman–Crippen LogP) is 0.545. The van der Waals surface area contributed by atoms with E-state index in [0.717, 1.165) is 19.5 Å². The first-order chi connectivity index (χ1) is 6.63. The second-order valence-corrected chi connectivity index (χ2v) is 4.89. The first-order valence-corrected chi connectivity index (χ1v) is 5.62. The zero-order valence-electron chi connectivity index (χ0n) is 9.66. The summed E-state index contributed by atoms with van der Waals surface area (Å²) in [6.45, 7) is 4.78. The van der Waals surface area contributed by atoms with Gasteiger partial charge in [0.2, 0.25) is 0 Å². The molecular formula is C11H24N2O. The van der Waals surface area contributed by atoms with E-state index < -0.39 is 0 Å². The largest absolute Gasteiger partial charge is 0.396 e. The van der Waals surface area contributed by atoms with Gasteiger partial charge in [-0.05, 0) is 51.9 Å². The monoisotopic (exact) mass is 200 g/mol. The highest BCUT2D eigenvalue weighted by Crippen LogP contribution is 2.22. The summed E-state index contributed by atoms with van der Waals surface area (Å²) in [4.78, 5) is 2.20. The van der Waals surface area contributed by atoms with Crippen molar-refractivity contribution in [1.29, 1.82) is 0 Å². The lowest BCUT2D eigenvalue weighted by Gasteiger charge is -2.35. The molecule has 0 amide bonds. The Labute approximate surface area is 87.5 Å². The first kappa shape index (κ1) is 12.0. The minimum atomic E-state index is 0.329. The first-order valence-electron chi connectivity index (χ1n) is 5.62. The highest BCUT2D eigenvalue weighted by Gasteiger charge is 2.27. The van der Waals surface area contributed by atoms with Crippen LogP contribution in [0.25, 0.3) is 0 Å². The number of nitrogens with zero attached hydrogens (tertiary/aromatic N) is 1. The summed E-state index contributed by atoms with van der Waals surface area (Å²) in [5, 5.41) is 12.8. The fourth-order valence-corrected chi connectivity index (χ4v) is 2.22. The Bertz CT molecular complexity index is 161. The second-order valence-electron chi connectivity index (χ2n) is 4.89. The molecule has 2 N–H and O–H groups in total. The molecule has 3 nitrogen and oxygen atoms in total. The van der Waals surface area contributed by atoms with Crippen molar-refractivity contribution in [2.75, 3.05) is 33.8 Å². The standard InChI is InChI=1S/C11H24N2O/c1-9-6-10(8-14)11(12-7-9)4-5-13(2)3/h9-12,14H,4-8H2,1-3H3. The van der Waals surface area contributed by atoms with E-state index in [2.05, 4.69) is 31.2 Å². The molecule has 3 heteroatoms. The van der Waals surface area contributed by atoms with Gasteiger partial charge in [-0.3, -0.25) is 0 Å². The average Bonchev–Trinajstić information content (AvgIpc) is 2.15. The normalized spacial score (nSPS) is 33.6. The minimum absolute atomic E-state index is 0.329. The average molecular weight is 200 g/mol. The van der Waals surface area contributed by atoms with Crippen molar-refractivity contribution >= 4 is 0 Å². The maximum absolute atomic E-state index is 9.29. The third-order valence-electron chi connectivity index (χ3n) is 3.12. The van der Waals surface area contributed by atoms with Gasteiger partial charge in [0.1, 0.15) is 0 Å². The van der Waals surface area contributed by atoms with Gasteiger partial charge in [0.15, 0.2) is 0 Å². The summed E-state index contributed by atoms with van der Waals surface area (Å²) in [6.07, 6.45) is 2.31. The number of aliphatic hydroxyl groups excluding tert-OH is 1. The Kier molecular flexibility index (Phi) is 4.85. The predicted molar refractivity (Wildman–Crippen MR) is 59.3 cm³/mol. The fraction of sp³-hybridized carbons (Fsp3) is 1.00. The maximum Gasteiger partial charge on any atom is 0.0474 e. The Morgan fingerprint density at radius 1 is 1.43 bits per heavy atom. The summed E-state index contributed by atoms with van der Waals surface area (Å²) >= 11 is 0. The van der Waals surface area contributed by atoms with Gasteiger partial charge in [0.05, 0.1) is 0 Å². The molecule has 0 aromatic heterocycles. The second kappa shape index (κ2) is 5.69. The molecule has 0 spiro atoms. The molecule has 0 bridgehead atoms. The van der Waals surface area contributed by atoms with Gasteiger partial charge in [0, 0.05) is 12.6 Å². The van der Waals surface area contributed by atoms with Crippen LogP contribution < -0.4 is 5.32 Å². The molecule has 3 unspecified atom stereocenters. The summed E-state index contributed by atoms with van der Waals surface area (Å²) < 4.78 is 0. The molecule has 14 heavy (non-hydrogen) atoms. The van der Waals surface area contributed by atoms with E-state index in [-0.39, 0.29) is 0 Å². The number of piperidine rings is 1. The Morgan fingerprint density at radius 2 is 2.14 bits per heavy atom. The number of hydrogen-bond acceptors (Lipinski definition) is 3. The van der Waals surface area contributed by atoms with E-state index in [0.29, 0.717) is 24.5 Å². The molecule has 1 saturated heterocycles. The maximum atomic E-state index is 9.29. The zero-order chi connectivity index (χ0) is 10.6. The Morgan fingerprint density at radius 3 is 2.71 bits per heavy atom. The van der Waals surface area contributed by atoms with E-state index in [9.17, 15) is 5.11 Å². The molecule has 1 heterocycles. The van der Waals surface area contributed by atoms with Crippen LogP contribution in [0.3, 0.4) is 0 Å². The molecule has 1 aliphatic heterocycles. The van der Waals surface area contributed by atoms with Crippen molar-refractivity contribution in [2.45, 2.75) is 25.8 Å². The highest BCUT2D eigenvalue weighted by atomic mass is 16.3. The van der Waals surface area contributed by atoms with E-state index in [1.807, 2.05) is 0 Å². The van der Waals surface area contributed by atoms with Crippen LogP contribution in [0.5, 0.6) is 0 Å². The number of nitrogens with one attached hydrogen (secondary N) is 1. The molecule has 0 radical (unpaired) electrons. The van der Waals surface area contributed by atoms with Gasteiger partial charge in [-0.15, -0.1) is 0 Å². The topological polar surface area (TPSA) is 35.5 Å². The zero-order valence-corrected chi connectivity index (χ0v) is 9.66. The van der Waals surface area contributed by atoms with Crippen molar-refractivity contribution in [3.8, 4) is 0 Å². The highest BCUT2D eigenvalue weighted by molar-refractivity contribution is 4.83. The van der Waals surface area contributed by atoms with Crippen molar-refractivity contribution in [1.82, 2.24) is 10.2 Å². The van der Waals surface area contributed by atoms with Crippen molar-refractivity contribution in [3.63, 3.8) is 0 Å². The Hall–Kier alpha value is -0.120. The van der Waals surface area contributed by atoms with E-state index in [1.165, 1.54) is 6.42 Å². The molecule has 3 atom stereocenters. The number of rotatable bonds is 4. The van der Waals surface area contributed by atoms with Gasteiger partial charge in [0.25, 0.3) is 0 Å². The molecule has 0 aromatic rings. The molecule has 1 fully saturated rings. The summed E-state index contributed by atoms with van der Waals surface area (Å²) in [5.41, 5.74) is 0. The van der Waals surface area contributed by atoms with Crippen LogP contribution in [0, 0.1) is 11.8 Å². The third-order valence-corrected chi connectivity index (χ3v) is 3.12. The lowest BCUT2D eigenvalue weighted by atomic mass is 9.84. The number of hydrogen-bond donors (Lipinski definition) is 2. The van der Waals surface area contributed by atoms with Crippen LogP contribution in [0.2, 0.25) is 0 Å². The van der Waals surface area contributed by atoms with E-state index >= 15 is 0 Å². The van der Waals surface area contributed by atoms with Crippen molar-refractivity contribution < 1.29 is 5.11 Å². The molecule has 0 saturated carbocycles. The molecule has 84 valence electrons. The van der Waals surface area contributed by atoms with Crippen LogP contribution in [-0.2, 0) is 0 Å². The van der Waals surface area contributed by atoms with Crippen LogP contribution in [-0.4, -0.2) is 49.8 Å². The summed E-state index contributed by atoms with van der Waals surface area (Å²) in [7, 11) is 4.19. The SMILES string of the molecule is CC1CNC(CCN(C)C)C(CO)C1. The lowest BCUT2D eigenvalue weighted by molar-refractivity contribution is 0.127. The van der Waals surface area contributed by atoms with Crippen LogP contribution in [0.4, 0.5) is 0 Å². The summed E-state index contributed by atoms with van der Waals surface area (Å²) in [6, 6.07) is 0.513. The Balaban J connectivity index is 2.34. The quantitative estimate of drug-likeness (QED) is 0.695. The van der Waals surface area contributed by atoms with Crippen LogP contribution in [0.1, 0.15) is 19.8 Å². The summed E-state index contributed by atoms with van der Waals surface area (Å²) in [5.74, 6) is 1.17. The van der Waals surface area contributed by atoms with Gasteiger partial charge < -0.3 is 15.3 Å². The van der Waals surface area contributed by atoms with Gasteiger partial charge in [-0.25, -0.2) is 0 Å². The minimum Gasteiger partial charge on any atom is -0.396 e. The number of aliphatic hydroxyl groups is 1. The molecule has 1 aliphatic rings. The fourth-order valence-electron chi connectivity index (χ4n) is 2.22. The molecule has 1 rings (SSSR count). The van der Waals surface area contributed by atoms with Gasteiger partial charge in [-0.1, -0.05) is 6.92 Å². The van der Waals surface area contributed by atoms with Crippen molar-refractivity contribution in [2.24, 2.45) is 11.8 Å². The lowest BCUT2D eigenvalue weighted by Crippen LogP contribution is -2.47. The van der Waals surface area contributed by atoms with Gasteiger partial charge in [-0.2, -0.15) is 0 Å². The van der Waals surface area contributed by atoms with E-state index in [4.69, 9.17) is 0 Å². The third kappa shape index (κ3) is 3.56. The van der Waals surface area contributed by atoms with Crippen LogP contribution in [0.15, 0.2) is 0 Å². The van der Waals surface area contributed by atoms with Crippen LogP contribution >= 0.6 is 0 Å². The molecular weight excluding hydrogens is 176 g/mol. The smallest absolute Gasteiger partial charge is 0.0474 e. The molecule has 0 aliphatic carbocycles. The molecule has 0 aromatic carbocycles. The van der Waals surface area contributed by atoms with E-state index in [1.54, 1.807) is 0 Å².